The SMILES string of the molecule is CC(CNc1nccc(-c2sc(C(C)(C)C)nc2-c2cc(F)cc(NS(C)(=O)=O)c2Cl)n1)NC(=O)OC(C)(C)C. The Hall–Kier alpha value is -3.03. The van der Waals surface area contributed by atoms with Crippen molar-refractivity contribution in [3.8, 4) is 21.8 Å². The van der Waals surface area contributed by atoms with Crippen LogP contribution in [0.3, 0.4) is 0 Å². The number of thiazole rings is 1. The van der Waals surface area contributed by atoms with E-state index in [-0.39, 0.29) is 27.7 Å². The van der Waals surface area contributed by atoms with E-state index in [1.54, 1.807) is 33.0 Å². The zero-order valence-electron chi connectivity index (χ0n) is 23.6. The second kappa shape index (κ2) is 11.8. The molecule has 2 heterocycles. The Morgan fingerprint density at radius 3 is 2.45 bits per heavy atom. The number of aromatic nitrogens is 3. The lowest BCUT2D eigenvalue weighted by Crippen LogP contribution is -2.41. The highest BCUT2D eigenvalue weighted by Gasteiger charge is 2.26. The fraction of sp³-hybridized carbons (Fsp3) is 0.462. The molecule has 3 N–H and O–H groups in total. The third-order valence-corrected chi connectivity index (χ3v) is 7.58. The van der Waals surface area contributed by atoms with Gasteiger partial charge in [-0.3, -0.25) is 4.72 Å². The summed E-state index contributed by atoms with van der Waals surface area (Å²) < 4.78 is 45.9. The summed E-state index contributed by atoms with van der Waals surface area (Å²) in [6.07, 6.45) is 2.00. The fourth-order valence-electron chi connectivity index (χ4n) is 3.41. The lowest BCUT2D eigenvalue weighted by atomic mass is 9.98. The topological polar surface area (TPSA) is 135 Å². The van der Waals surface area contributed by atoms with Crippen LogP contribution in [0.1, 0.15) is 53.5 Å². The molecule has 1 amide bonds. The molecule has 14 heteroatoms. The molecular formula is C26H34ClFN6O4S2. The van der Waals surface area contributed by atoms with Crippen molar-refractivity contribution in [3.63, 3.8) is 0 Å². The molecule has 0 spiro atoms. The van der Waals surface area contributed by atoms with E-state index >= 15 is 0 Å². The van der Waals surface area contributed by atoms with Gasteiger partial charge in [-0.15, -0.1) is 11.3 Å². The number of benzene rings is 1. The lowest BCUT2D eigenvalue weighted by molar-refractivity contribution is 0.0511. The number of alkyl carbamates (subject to hydrolysis) is 1. The predicted octanol–water partition coefficient (Wildman–Crippen LogP) is 6.05. The summed E-state index contributed by atoms with van der Waals surface area (Å²) >= 11 is 7.96. The Bertz CT molecular complexity index is 1500. The first-order valence-corrected chi connectivity index (χ1v) is 15.5. The van der Waals surface area contributed by atoms with Gasteiger partial charge in [0.15, 0.2) is 0 Å². The van der Waals surface area contributed by atoms with Crippen LogP contribution in [0.15, 0.2) is 24.4 Å². The largest absolute Gasteiger partial charge is 0.444 e. The summed E-state index contributed by atoms with van der Waals surface area (Å²) in [6, 6.07) is 3.63. The monoisotopic (exact) mass is 612 g/mol. The van der Waals surface area contributed by atoms with Crippen LogP contribution in [-0.4, -0.2) is 53.9 Å². The summed E-state index contributed by atoms with van der Waals surface area (Å²) in [4.78, 5) is 26.3. The molecule has 1 atom stereocenters. The zero-order valence-corrected chi connectivity index (χ0v) is 26.0. The molecule has 0 aliphatic heterocycles. The molecular weight excluding hydrogens is 579 g/mol. The van der Waals surface area contributed by atoms with Crippen molar-refractivity contribution in [1.82, 2.24) is 20.3 Å². The second-order valence-electron chi connectivity index (χ2n) is 11.3. The van der Waals surface area contributed by atoms with Crippen LogP contribution in [-0.2, 0) is 20.2 Å². The van der Waals surface area contributed by atoms with E-state index in [4.69, 9.17) is 21.3 Å². The van der Waals surface area contributed by atoms with Gasteiger partial charge in [-0.25, -0.2) is 32.6 Å². The van der Waals surface area contributed by atoms with Gasteiger partial charge in [-0.1, -0.05) is 32.4 Å². The van der Waals surface area contributed by atoms with E-state index in [0.717, 1.165) is 17.3 Å². The second-order valence-corrected chi connectivity index (χ2v) is 14.5. The Morgan fingerprint density at radius 1 is 1.18 bits per heavy atom. The molecule has 1 unspecified atom stereocenters. The number of ether oxygens (including phenoxy) is 1. The number of anilines is 2. The molecule has 0 bridgehead atoms. The molecule has 10 nitrogen and oxygen atoms in total. The van der Waals surface area contributed by atoms with Gasteiger partial charge in [0.05, 0.1) is 38.2 Å². The molecule has 218 valence electrons. The van der Waals surface area contributed by atoms with Gasteiger partial charge in [0, 0.05) is 29.8 Å². The summed E-state index contributed by atoms with van der Waals surface area (Å²) in [7, 11) is -3.71. The maximum Gasteiger partial charge on any atom is 0.407 e. The number of nitrogens with one attached hydrogen (secondary N) is 3. The highest BCUT2D eigenvalue weighted by molar-refractivity contribution is 7.92. The van der Waals surface area contributed by atoms with E-state index in [9.17, 15) is 17.6 Å². The standard InChI is InChI=1S/C26H34ClFN6O4S2/c1-14(31-24(35)38-26(5,6)7)13-30-23-29-10-9-17(32-23)21-20(33-22(39-21)25(2,3)4)16-11-15(28)12-18(19(16)27)34-40(8,36)37/h9-12,14,34H,13H2,1-8H3,(H,31,35)(H,29,30,32). The van der Waals surface area contributed by atoms with Crippen molar-refractivity contribution in [2.24, 2.45) is 0 Å². The van der Waals surface area contributed by atoms with Crippen LogP contribution in [0.4, 0.5) is 20.8 Å². The van der Waals surface area contributed by atoms with Gasteiger partial charge in [-0.2, -0.15) is 0 Å². The molecule has 0 aliphatic carbocycles. The number of amides is 1. The summed E-state index contributed by atoms with van der Waals surface area (Å²) in [5, 5.41) is 6.61. The lowest BCUT2D eigenvalue weighted by Gasteiger charge is -2.22. The average Bonchev–Trinajstić information content (AvgIpc) is 3.24. The first kappa shape index (κ1) is 31.5. The Labute approximate surface area is 243 Å². The molecule has 40 heavy (non-hydrogen) atoms. The minimum absolute atomic E-state index is 0.00767. The quantitative estimate of drug-likeness (QED) is 0.280. The van der Waals surface area contributed by atoms with Crippen LogP contribution in [0.25, 0.3) is 21.8 Å². The summed E-state index contributed by atoms with van der Waals surface area (Å²) in [5.74, 6) is -0.380. The van der Waals surface area contributed by atoms with Gasteiger partial charge in [-0.05, 0) is 45.9 Å². The van der Waals surface area contributed by atoms with Crippen LogP contribution in [0.5, 0.6) is 0 Å². The van der Waals surface area contributed by atoms with E-state index in [2.05, 4.69) is 25.3 Å². The first-order chi connectivity index (χ1) is 18.3. The third-order valence-electron chi connectivity index (χ3n) is 5.07. The molecule has 3 aromatic rings. The van der Waals surface area contributed by atoms with Crippen molar-refractivity contribution in [3.05, 3.63) is 40.2 Å². The first-order valence-electron chi connectivity index (χ1n) is 12.4. The Kier molecular flexibility index (Phi) is 9.32. The maximum atomic E-state index is 14.7. The molecule has 0 aliphatic rings. The van der Waals surface area contributed by atoms with Crippen molar-refractivity contribution >= 4 is 50.7 Å². The van der Waals surface area contributed by atoms with Crippen molar-refractivity contribution in [1.29, 1.82) is 0 Å². The summed E-state index contributed by atoms with van der Waals surface area (Å²) in [5.41, 5.74) is 0.0399. The number of hydrogen-bond acceptors (Lipinski definition) is 9. The number of halogens is 2. The molecule has 3 rings (SSSR count). The highest BCUT2D eigenvalue weighted by atomic mass is 35.5. The van der Waals surface area contributed by atoms with Crippen LogP contribution < -0.4 is 15.4 Å². The van der Waals surface area contributed by atoms with Gasteiger partial charge in [0.1, 0.15) is 11.4 Å². The van der Waals surface area contributed by atoms with Crippen molar-refractivity contribution in [2.75, 3.05) is 22.8 Å². The van der Waals surface area contributed by atoms with Gasteiger partial charge < -0.3 is 15.4 Å². The van der Waals surface area contributed by atoms with E-state index in [1.165, 1.54) is 17.4 Å². The van der Waals surface area contributed by atoms with E-state index in [1.807, 2.05) is 27.7 Å². The molecule has 0 saturated carbocycles. The molecule has 0 radical (unpaired) electrons. The number of rotatable bonds is 8. The average molecular weight is 613 g/mol. The number of hydrogen-bond donors (Lipinski definition) is 3. The van der Waals surface area contributed by atoms with Crippen molar-refractivity contribution < 1.29 is 22.3 Å². The maximum absolute atomic E-state index is 14.7. The van der Waals surface area contributed by atoms with Crippen LogP contribution in [0.2, 0.25) is 5.02 Å². The zero-order chi connectivity index (χ0) is 30.0. The summed E-state index contributed by atoms with van der Waals surface area (Å²) in [6.45, 7) is 13.5. The minimum atomic E-state index is -3.71. The molecule has 1 aromatic carbocycles. The van der Waals surface area contributed by atoms with Gasteiger partial charge in [0.25, 0.3) is 0 Å². The van der Waals surface area contributed by atoms with Crippen molar-refractivity contribution in [2.45, 2.75) is 65.5 Å². The smallest absolute Gasteiger partial charge is 0.407 e. The normalized spacial score (nSPS) is 13.1. The number of carbonyl (C=O) groups is 1. The van der Waals surface area contributed by atoms with Gasteiger partial charge >= 0.3 is 6.09 Å². The van der Waals surface area contributed by atoms with E-state index < -0.39 is 27.5 Å². The number of sulfonamides is 1. The number of nitrogens with zero attached hydrogens (tertiary/aromatic N) is 3. The van der Waals surface area contributed by atoms with Gasteiger partial charge in [0.2, 0.25) is 16.0 Å². The molecule has 2 aromatic heterocycles. The Morgan fingerprint density at radius 2 is 1.85 bits per heavy atom. The third kappa shape index (κ3) is 8.73. The fourth-order valence-corrected chi connectivity index (χ4v) is 5.38. The molecule has 0 saturated heterocycles. The molecule has 0 fully saturated rings. The number of carbonyl (C=O) groups excluding carboxylic acids is 1. The Balaban J connectivity index is 1.97. The highest BCUT2D eigenvalue weighted by Crippen LogP contribution is 2.44. The van der Waals surface area contributed by atoms with Crippen LogP contribution in [0, 0.1) is 5.82 Å². The van der Waals surface area contributed by atoms with E-state index in [0.29, 0.717) is 28.8 Å². The van der Waals surface area contributed by atoms with Crippen LogP contribution >= 0.6 is 22.9 Å². The minimum Gasteiger partial charge on any atom is -0.444 e. The predicted molar refractivity (Wildman–Crippen MR) is 158 cm³/mol.